The van der Waals surface area contributed by atoms with E-state index in [2.05, 4.69) is 40.7 Å². The van der Waals surface area contributed by atoms with Gasteiger partial charge in [0.2, 0.25) is 0 Å². The molecule has 1 aromatic carbocycles. The van der Waals surface area contributed by atoms with Crippen molar-refractivity contribution in [1.29, 1.82) is 0 Å². The Morgan fingerprint density at radius 2 is 1.71 bits per heavy atom. The molecule has 1 aliphatic rings. The van der Waals surface area contributed by atoms with Gasteiger partial charge in [-0.25, -0.2) is 0 Å². The largest absolute Gasteiger partial charge is 0.0558 e. The summed E-state index contributed by atoms with van der Waals surface area (Å²) in [5.41, 5.74) is 8.10. The predicted molar refractivity (Wildman–Crippen MR) is 62.0 cm³/mol. The van der Waals surface area contributed by atoms with Crippen molar-refractivity contribution in [2.45, 2.75) is 52.9 Å². The highest BCUT2D eigenvalue weighted by molar-refractivity contribution is 5.49. The lowest BCUT2D eigenvalue weighted by molar-refractivity contribution is 0.522. The Balaban J connectivity index is 2.71. The van der Waals surface area contributed by atoms with Crippen molar-refractivity contribution in [3.05, 3.63) is 33.9 Å². The number of aryl methyl sites for hydroxylation is 1. The SMILES string of the molecule is Cc1cc2c(c(C)c1C)CCC2(C)C. The molecule has 0 saturated carbocycles. The lowest BCUT2D eigenvalue weighted by atomic mass is 9.84. The van der Waals surface area contributed by atoms with Crippen LogP contribution in [-0.2, 0) is 11.8 Å². The molecule has 1 aliphatic carbocycles. The zero-order chi connectivity index (χ0) is 10.5. The Labute approximate surface area is 87.3 Å². The molecule has 0 aromatic heterocycles. The van der Waals surface area contributed by atoms with E-state index >= 15 is 0 Å². The fraction of sp³-hybridized carbons (Fsp3) is 0.571. The maximum absolute atomic E-state index is 2.41. The average Bonchev–Trinajstić information content (AvgIpc) is 2.39. The van der Waals surface area contributed by atoms with Crippen molar-refractivity contribution in [2.75, 3.05) is 0 Å². The van der Waals surface area contributed by atoms with E-state index < -0.39 is 0 Å². The Bertz CT molecular complexity index is 384. The molecule has 0 radical (unpaired) electrons. The highest BCUT2D eigenvalue weighted by Gasteiger charge is 2.31. The molecule has 0 N–H and O–H groups in total. The smallest absolute Gasteiger partial charge is 0.00975 e. The van der Waals surface area contributed by atoms with E-state index in [-0.39, 0.29) is 0 Å². The van der Waals surface area contributed by atoms with E-state index in [0.29, 0.717) is 5.41 Å². The van der Waals surface area contributed by atoms with Crippen molar-refractivity contribution < 1.29 is 0 Å². The quantitative estimate of drug-likeness (QED) is 0.580. The zero-order valence-corrected chi connectivity index (χ0v) is 9.99. The molecule has 0 heterocycles. The van der Waals surface area contributed by atoms with Gasteiger partial charge in [-0.15, -0.1) is 0 Å². The van der Waals surface area contributed by atoms with Crippen molar-refractivity contribution in [2.24, 2.45) is 0 Å². The van der Waals surface area contributed by atoms with Gasteiger partial charge in [0, 0.05) is 0 Å². The van der Waals surface area contributed by atoms with Crippen LogP contribution in [0.2, 0.25) is 0 Å². The van der Waals surface area contributed by atoms with Gasteiger partial charge >= 0.3 is 0 Å². The van der Waals surface area contributed by atoms with Gasteiger partial charge in [-0.05, 0) is 66.8 Å². The van der Waals surface area contributed by atoms with Gasteiger partial charge in [0.15, 0.2) is 0 Å². The Morgan fingerprint density at radius 1 is 1.07 bits per heavy atom. The van der Waals surface area contributed by atoms with Crippen molar-refractivity contribution in [3.63, 3.8) is 0 Å². The normalized spacial score (nSPS) is 18.4. The second kappa shape index (κ2) is 2.85. The topological polar surface area (TPSA) is 0 Å². The molecule has 0 amide bonds. The number of rotatable bonds is 0. The fourth-order valence-electron chi connectivity index (χ4n) is 2.63. The van der Waals surface area contributed by atoms with Crippen LogP contribution in [0.25, 0.3) is 0 Å². The van der Waals surface area contributed by atoms with Crippen LogP contribution in [0.1, 0.15) is 48.1 Å². The van der Waals surface area contributed by atoms with E-state index in [0.717, 1.165) is 0 Å². The molecule has 0 spiro atoms. The van der Waals surface area contributed by atoms with Crippen molar-refractivity contribution in [3.8, 4) is 0 Å². The molecule has 0 aliphatic heterocycles. The van der Waals surface area contributed by atoms with E-state index in [9.17, 15) is 0 Å². The minimum Gasteiger partial charge on any atom is -0.0558 e. The summed E-state index contributed by atoms with van der Waals surface area (Å²) in [5.74, 6) is 0. The standard InChI is InChI=1S/C14H20/c1-9-8-13-12(11(3)10(9)2)6-7-14(13,4)5/h8H,6-7H2,1-5H3. The first-order valence-corrected chi connectivity index (χ1v) is 5.53. The van der Waals surface area contributed by atoms with Crippen molar-refractivity contribution >= 4 is 0 Å². The molecule has 14 heavy (non-hydrogen) atoms. The summed E-state index contributed by atoms with van der Waals surface area (Å²) < 4.78 is 0. The lowest BCUT2D eigenvalue weighted by Crippen LogP contribution is -2.12. The van der Waals surface area contributed by atoms with E-state index in [4.69, 9.17) is 0 Å². The van der Waals surface area contributed by atoms with Crippen LogP contribution in [0.3, 0.4) is 0 Å². The van der Waals surface area contributed by atoms with Crippen molar-refractivity contribution in [1.82, 2.24) is 0 Å². The molecule has 0 fully saturated rings. The fourth-order valence-corrected chi connectivity index (χ4v) is 2.63. The first-order chi connectivity index (χ1) is 6.43. The highest BCUT2D eigenvalue weighted by Crippen LogP contribution is 2.41. The monoisotopic (exact) mass is 188 g/mol. The lowest BCUT2D eigenvalue weighted by Gasteiger charge is -2.21. The molecule has 0 unspecified atom stereocenters. The van der Waals surface area contributed by atoms with Gasteiger partial charge < -0.3 is 0 Å². The third-order valence-electron chi connectivity index (χ3n) is 4.02. The first kappa shape index (κ1) is 9.76. The van der Waals surface area contributed by atoms with Gasteiger partial charge in [-0.1, -0.05) is 19.9 Å². The maximum Gasteiger partial charge on any atom is -0.00975 e. The number of hydrogen-bond acceptors (Lipinski definition) is 0. The molecule has 0 saturated heterocycles. The zero-order valence-electron chi connectivity index (χ0n) is 9.99. The third kappa shape index (κ3) is 1.20. The van der Waals surface area contributed by atoms with E-state index in [1.165, 1.54) is 29.5 Å². The molecule has 0 nitrogen and oxygen atoms in total. The molecule has 76 valence electrons. The van der Waals surface area contributed by atoms with Crippen LogP contribution in [0.15, 0.2) is 6.07 Å². The molecule has 0 heteroatoms. The summed E-state index contributed by atoms with van der Waals surface area (Å²) in [5, 5.41) is 0. The van der Waals surface area contributed by atoms with Gasteiger partial charge in [0.05, 0.1) is 0 Å². The molecular formula is C14H20. The Morgan fingerprint density at radius 3 is 2.36 bits per heavy atom. The minimum absolute atomic E-state index is 0.401. The molecule has 0 bridgehead atoms. The van der Waals surface area contributed by atoms with Crippen LogP contribution >= 0.6 is 0 Å². The average molecular weight is 188 g/mol. The van der Waals surface area contributed by atoms with E-state index in [1.807, 2.05) is 0 Å². The Kier molecular flexibility index (Phi) is 1.99. The van der Waals surface area contributed by atoms with E-state index in [1.54, 1.807) is 11.1 Å². The molecule has 1 aromatic rings. The molecular weight excluding hydrogens is 168 g/mol. The van der Waals surface area contributed by atoms with Gasteiger partial charge in [0.25, 0.3) is 0 Å². The number of fused-ring (bicyclic) bond motifs is 1. The van der Waals surface area contributed by atoms with Crippen LogP contribution < -0.4 is 0 Å². The summed E-state index contributed by atoms with van der Waals surface area (Å²) in [6, 6.07) is 2.41. The van der Waals surface area contributed by atoms with Gasteiger partial charge in [-0.3, -0.25) is 0 Å². The number of hydrogen-bond donors (Lipinski definition) is 0. The maximum atomic E-state index is 2.41. The van der Waals surface area contributed by atoms with Gasteiger partial charge in [-0.2, -0.15) is 0 Å². The minimum atomic E-state index is 0.401. The third-order valence-corrected chi connectivity index (χ3v) is 4.02. The second-order valence-corrected chi connectivity index (χ2v) is 5.35. The van der Waals surface area contributed by atoms with Crippen LogP contribution in [0, 0.1) is 20.8 Å². The van der Waals surface area contributed by atoms with Crippen LogP contribution in [0.4, 0.5) is 0 Å². The molecule has 0 atom stereocenters. The Hall–Kier alpha value is -0.780. The number of benzene rings is 1. The summed E-state index contributed by atoms with van der Waals surface area (Å²) in [4.78, 5) is 0. The van der Waals surface area contributed by atoms with Crippen LogP contribution in [-0.4, -0.2) is 0 Å². The first-order valence-electron chi connectivity index (χ1n) is 5.53. The van der Waals surface area contributed by atoms with Gasteiger partial charge in [0.1, 0.15) is 0 Å². The second-order valence-electron chi connectivity index (χ2n) is 5.35. The highest BCUT2D eigenvalue weighted by atomic mass is 14.4. The summed E-state index contributed by atoms with van der Waals surface area (Å²) in [6.07, 6.45) is 2.58. The van der Waals surface area contributed by atoms with Crippen LogP contribution in [0.5, 0.6) is 0 Å². The predicted octanol–water partition coefficient (Wildman–Crippen LogP) is 3.84. The summed E-state index contributed by atoms with van der Waals surface area (Å²) in [6.45, 7) is 11.5. The molecule has 2 rings (SSSR count). The summed E-state index contributed by atoms with van der Waals surface area (Å²) in [7, 11) is 0. The summed E-state index contributed by atoms with van der Waals surface area (Å²) >= 11 is 0.